The molecule has 1 saturated heterocycles. The lowest BCUT2D eigenvalue weighted by atomic mass is 9.98. The topological polar surface area (TPSA) is 78.5 Å². The van der Waals surface area contributed by atoms with Gasteiger partial charge in [0.05, 0.1) is 0 Å². The van der Waals surface area contributed by atoms with E-state index in [4.69, 9.17) is 0 Å². The van der Waals surface area contributed by atoms with Gasteiger partial charge >= 0.3 is 6.03 Å². The molecular weight excluding hydrogens is 313 g/mol. The van der Waals surface area contributed by atoms with Crippen molar-refractivity contribution < 1.29 is 18.8 Å². The number of hydrogen-bond donors (Lipinski definition) is 2. The number of aryl methyl sites for hydroxylation is 1. The van der Waals surface area contributed by atoms with Crippen molar-refractivity contribution in [3.05, 3.63) is 29.6 Å². The summed E-state index contributed by atoms with van der Waals surface area (Å²) in [5.41, 5.74) is 0.376. The maximum atomic E-state index is 13.2. The number of hydrogen-bond acceptors (Lipinski definition) is 3. The van der Waals surface area contributed by atoms with Gasteiger partial charge in [0.15, 0.2) is 0 Å². The maximum absolute atomic E-state index is 13.2. The average Bonchev–Trinajstić information content (AvgIpc) is 3.08. The van der Waals surface area contributed by atoms with E-state index in [0.717, 1.165) is 23.3 Å². The van der Waals surface area contributed by atoms with Crippen molar-refractivity contribution in [1.29, 1.82) is 0 Å². The van der Waals surface area contributed by atoms with Gasteiger partial charge in [0.25, 0.3) is 5.91 Å². The number of carbonyl (C=O) groups is 3. The SMILES string of the molecule is Cc1ccc(F)cc1NC(=O)CCN1C(=O)NC2(CCCC2)C1=O. The van der Waals surface area contributed by atoms with Crippen molar-refractivity contribution in [2.45, 2.75) is 44.6 Å². The van der Waals surface area contributed by atoms with E-state index in [9.17, 15) is 18.8 Å². The molecule has 1 aromatic rings. The third-order valence-electron chi connectivity index (χ3n) is 4.74. The molecule has 0 unspecified atom stereocenters. The Hall–Kier alpha value is -2.44. The lowest BCUT2D eigenvalue weighted by Gasteiger charge is -2.20. The number of benzene rings is 1. The summed E-state index contributed by atoms with van der Waals surface area (Å²) in [5.74, 6) is -1.04. The molecule has 1 aromatic carbocycles. The van der Waals surface area contributed by atoms with E-state index in [2.05, 4.69) is 10.6 Å². The Morgan fingerprint density at radius 2 is 2.04 bits per heavy atom. The van der Waals surface area contributed by atoms with Gasteiger partial charge in [-0.25, -0.2) is 9.18 Å². The van der Waals surface area contributed by atoms with Crippen molar-refractivity contribution in [2.24, 2.45) is 0 Å². The molecule has 1 heterocycles. The second-order valence-electron chi connectivity index (χ2n) is 6.43. The molecule has 1 spiro atoms. The van der Waals surface area contributed by atoms with E-state index in [-0.39, 0.29) is 24.8 Å². The Kier molecular flexibility index (Phi) is 4.26. The van der Waals surface area contributed by atoms with Crippen LogP contribution in [-0.4, -0.2) is 34.8 Å². The smallest absolute Gasteiger partial charge is 0.325 e. The monoisotopic (exact) mass is 333 g/mol. The van der Waals surface area contributed by atoms with Crippen LogP contribution in [0.3, 0.4) is 0 Å². The van der Waals surface area contributed by atoms with Gasteiger partial charge in [0.2, 0.25) is 5.91 Å². The lowest BCUT2D eigenvalue weighted by Crippen LogP contribution is -2.44. The summed E-state index contributed by atoms with van der Waals surface area (Å²) in [6.45, 7) is 1.78. The normalized spacial score (nSPS) is 19.0. The number of anilines is 1. The molecule has 0 bridgehead atoms. The van der Waals surface area contributed by atoms with Crippen LogP contribution in [0.4, 0.5) is 14.9 Å². The highest BCUT2D eigenvalue weighted by Crippen LogP contribution is 2.35. The van der Waals surface area contributed by atoms with E-state index in [1.165, 1.54) is 12.1 Å². The van der Waals surface area contributed by atoms with Crippen LogP contribution in [0.25, 0.3) is 0 Å². The van der Waals surface area contributed by atoms with Gasteiger partial charge < -0.3 is 10.6 Å². The van der Waals surface area contributed by atoms with E-state index in [1.807, 2.05) is 0 Å². The zero-order valence-electron chi connectivity index (χ0n) is 13.5. The minimum Gasteiger partial charge on any atom is -0.326 e. The number of imide groups is 1. The number of rotatable bonds is 4. The highest BCUT2D eigenvalue weighted by atomic mass is 19.1. The number of nitrogens with one attached hydrogen (secondary N) is 2. The first-order valence-electron chi connectivity index (χ1n) is 8.11. The van der Waals surface area contributed by atoms with Crippen molar-refractivity contribution in [3.8, 4) is 0 Å². The molecule has 0 aromatic heterocycles. The van der Waals surface area contributed by atoms with Gasteiger partial charge in [0.1, 0.15) is 11.4 Å². The van der Waals surface area contributed by atoms with Gasteiger partial charge in [-0.15, -0.1) is 0 Å². The molecular formula is C17H20FN3O3. The van der Waals surface area contributed by atoms with Crippen LogP contribution in [0.5, 0.6) is 0 Å². The molecule has 2 N–H and O–H groups in total. The fourth-order valence-electron chi connectivity index (χ4n) is 3.35. The predicted molar refractivity (Wildman–Crippen MR) is 85.8 cm³/mol. The molecule has 2 fully saturated rings. The standard InChI is InChI=1S/C17H20FN3O3/c1-11-4-5-12(18)10-13(11)19-14(22)6-9-21-15(23)17(20-16(21)24)7-2-3-8-17/h4-5,10H,2-3,6-9H2,1H3,(H,19,22)(H,20,24). The van der Waals surface area contributed by atoms with Crippen LogP contribution in [0.15, 0.2) is 18.2 Å². The number of carbonyl (C=O) groups excluding carboxylic acids is 3. The van der Waals surface area contributed by atoms with Crippen molar-refractivity contribution in [1.82, 2.24) is 10.2 Å². The molecule has 2 aliphatic rings. The molecule has 24 heavy (non-hydrogen) atoms. The number of nitrogens with zero attached hydrogens (tertiary/aromatic N) is 1. The first kappa shape index (κ1) is 16.4. The fourth-order valence-corrected chi connectivity index (χ4v) is 3.35. The summed E-state index contributed by atoms with van der Waals surface area (Å²) >= 11 is 0. The molecule has 0 radical (unpaired) electrons. The Bertz CT molecular complexity index is 698. The lowest BCUT2D eigenvalue weighted by molar-refractivity contribution is -0.131. The third kappa shape index (κ3) is 2.98. The summed E-state index contributed by atoms with van der Waals surface area (Å²) < 4.78 is 13.2. The Morgan fingerprint density at radius 3 is 2.75 bits per heavy atom. The zero-order chi connectivity index (χ0) is 17.3. The summed E-state index contributed by atoms with van der Waals surface area (Å²) in [4.78, 5) is 37.7. The van der Waals surface area contributed by atoms with E-state index in [1.54, 1.807) is 13.0 Å². The molecule has 6 nitrogen and oxygen atoms in total. The highest BCUT2D eigenvalue weighted by Gasteiger charge is 2.52. The van der Waals surface area contributed by atoms with Gasteiger partial charge in [-0.05, 0) is 37.5 Å². The van der Waals surface area contributed by atoms with Gasteiger partial charge in [-0.1, -0.05) is 18.9 Å². The molecule has 1 aliphatic carbocycles. The van der Waals surface area contributed by atoms with Crippen LogP contribution in [0.2, 0.25) is 0 Å². The van der Waals surface area contributed by atoms with Crippen LogP contribution >= 0.6 is 0 Å². The molecule has 7 heteroatoms. The second-order valence-corrected chi connectivity index (χ2v) is 6.43. The van der Waals surface area contributed by atoms with Crippen molar-refractivity contribution in [3.63, 3.8) is 0 Å². The molecule has 0 atom stereocenters. The third-order valence-corrected chi connectivity index (χ3v) is 4.74. The van der Waals surface area contributed by atoms with E-state index in [0.29, 0.717) is 18.5 Å². The number of urea groups is 1. The largest absolute Gasteiger partial charge is 0.326 e. The molecule has 1 aliphatic heterocycles. The number of halogens is 1. The summed E-state index contributed by atoms with van der Waals surface area (Å²) in [7, 11) is 0. The van der Waals surface area contributed by atoms with Gasteiger partial charge in [-0.3, -0.25) is 14.5 Å². The highest BCUT2D eigenvalue weighted by molar-refractivity contribution is 6.07. The van der Waals surface area contributed by atoms with Gasteiger partial charge in [0, 0.05) is 18.7 Å². The predicted octanol–water partition coefficient (Wildman–Crippen LogP) is 2.33. The maximum Gasteiger partial charge on any atom is 0.325 e. The van der Waals surface area contributed by atoms with Crippen LogP contribution in [0, 0.1) is 12.7 Å². The molecule has 4 amide bonds. The Morgan fingerprint density at radius 1 is 1.33 bits per heavy atom. The minimum absolute atomic E-state index is 0.0204. The first-order valence-corrected chi connectivity index (χ1v) is 8.11. The first-order chi connectivity index (χ1) is 11.4. The second kappa shape index (κ2) is 6.22. The zero-order valence-corrected chi connectivity index (χ0v) is 13.5. The van der Waals surface area contributed by atoms with Crippen molar-refractivity contribution >= 4 is 23.5 Å². The molecule has 1 saturated carbocycles. The van der Waals surface area contributed by atoms with E-state index >= 15 is 0 Å². The van der Waals surface area contributed by atoms with Crippen LogP contribution < -0.4 is 10.6 Å². The van der Waals surface area contributed by atoms with Crippen molar-refractivity contribution in [2.75, 3.05) is 11.9 Å². The fraction of sp³-hybridized carbons (Fsp3) is 0.471. The Balaban J connectivity index is 1.59. The number of amides is 4. The summed E-state index contributed by atoms with van der Waals surface area (Å²) in [6, 6.07) is 3.71. The molecule has 128 valence electrons. The minimum atomic E-state index is -0.757. The average molecular weight is 333 g/mol. The van der Waals surface area contributed by atoms with Crippen LogP contribution in [-0.2, 0) is 9.59 Å². The molecule has 3 rings (SSSR count). The Labute approximate surface area is 139 Å². The van der Waals surface area contributed by atoms with Crippen LogP contribution in [0.1, 0.15) is 37.7 Å². The van der Waals surface area contributed by atoms with Gasteiger partial charge in [-0.2, -0.15) is 0 Å². The quantitative estimate of drug-likeness (QED) is 0.830. The summed E-state index contributed by atoms with van der Waals surface area (Å²) in [6.07, 6.45) is 3.12. The van der Waals surface area contributed by atoms with E-state index < -0.39 is 17.4 Å². The summed E-state index contributed by atoms with van der Waals surface area (Å²) in [5, 5.41) is 5.39.